The number of amides is 1. The summed E-state index contributed by atoms with van der Waals surface area (Å²) >= 11 is 6.74. The van der Waals surface area contributed by atoms with E-state index in [0.717, 1.165) is 11.1 Å². The van der Waals surface area contributed by atoms with Gasteiger partial charge in [-0.2, -0.15) is 0 Å². The number of hydrogen-bond acceptors (Lipinski definition) is 5. The zero-order chi connectivity index (χ0) is 24.0. The Balaban J connectivity index is 1.62. The number of Topliss-reactive ketones (excluding diaryl/α,β-unsaturated/α-hetero) is 1. The van der Waals surface area contributed by atoms with E-state index in [1.54, 1.807) is 4.90 Å². The van der Waals surface area contributed by atoms with Crippen molar-refractivity contribution < 1.29 is 23.5 Å². The predicted octanol–water partition coefficient (Wildman–Crippen LogP) is 4.79. The highest BCUT2D eigenvalue weighted by molar-refractivity contribution is 6.34. The summed E-state index contributed by atoms with van der Waals surface area (Å²) < 4.78 is 28.2. The third kappa shape index (κ3) is 3.95. The minimum absolute atomic E-state index is 0.0868. The molecule has 0 spiro atoms. The van der Waals surface area contributed by atoms with Crippen LogP contribution in [0.2, 0.25) is 5.02 Å². The van der Waals surface area contributed by atoms with Crippen LogP contribution in [0.4, 0.5) is 9.18 Å². The van der Waals surface area contributed by atoms with Crippen LogP contribution < -0.4 is 0 Å². The van der Waals surface area contributed by atoms with Crippen molar-refractivity contribution >= 4 is 34.5 Å². The molecule has 1 saturated heterocycles. The average molecular weight is 486 g/mol. The number of aryl methyl sites for hydroxylation is 1. The number of ether oxygens (including phenoxy) is 2. The zero-order valence-electron chi connectivity index (χ0n) is 19.1. The van der Waals surface area contributed by atoms with Gasteiger partial charge in [0.05, 0.1) is 54.5 Å². The van der Waals surface area contributed by atoms with Gasteiger partial charge in [0.15, 0.2) is 5.78 Å². The molecule has 2 aromatic carbocycles. The van der Waals surface area contributed by atoms with E-state index in [-0.39, 0.29) is 22.5 Å². The van der Waals surface area contributed by atoms with Crippen molar-refractivity contribution in [1.82, 2.24) is 14.5 Å². The standard InChI is InChI=1S/C25H25ClFN3O4/c1-14-6-7-20-19(10-14)28-24(30(20)13-15-12-29(8-9-34-15)25(32)33-2)22-18(27)11-17-16(23(22)26)4-3-5-21(17)31/h6-7,10-11,15H,3-5,8-9,12-13H2,1-2H3/t15-/m1/s1. The molecule has 7 nitrogen and oxygen atoms in total. The first-order valence-electron chi connectivity index (χ1n) is 11.3. The van der Waals surface area contributed by atoms with E-state index < -0.39 is 11.9 Å². The molecular weight excluding hydrogens is 461 g/mol. The molecule has 1 aliphatic heterocycles. The molecule has 0 unspecified atom stereocenters. The Morgan fingerprint density at radius 3 is 2.94 bits per heavy atom. The van der Waals surface area contributed by atoms with Gasteiger partial charge in [0.1, 0.15) is 11.6 Å². The van der Waals surface area contributed by atoms with Crippen molar-refractivity contribution in [1.29, 1.82) is 0 Å². The minimum Gasteiger partial charge on any atom is -0.453 e. The van der Waals surface area contributed by atoms with Crippen molar-refractivity contribution in [2.45, 2.75) is 38.8 Å². The summed E-state index contributed by atoms with van der Waals surface area (Å²) in [5, 5.41) is 0.233. The number of nitrogens with zero attached hydrogens (tertiary/aromatic N) is 3. The summed E-state index contributed by atoms with van der Waals surface area (Å²) in [5.41, 5.74) is 3.76. The second-order valence-corrected chi connectivity index (χ2v) is 9.18. The first-order chi connectivity index (χ1) is 16.4. The smallest absolute Gasteiger partial charge is 0.409 e. The van der Waals surface area contributed by atoms with Gasteiger partial charge in [0.25, 0.3) is 0 Å². The Labute approximate surface area is 201 Å². The molecule has 34 heavy (non-hydrogen) atoms. The number of benzene rings is 2. The molecule has 1 aromatic heterocycles. The number of carbonyl (C=O) groups excluding carboxylic acids is 2. The largest absolute Gasteiger partial charge is 0.453 e. The molecule has 9 heteroatoms. The lowest BCUT2D eigenvalue weighted by Gasteiger charge is -2.32. The molecule has 5 rings (SSSR count). The first kappa shape index (κ1) is 22.8. The third-order valence-electron chi connectivity index (χ3n) is 6.54. The second kappa shape index (κ2) is 9.00. The summed E-state index contributed by atoms with van der Waals surface area (Å²) in [5.74, 6) is -0.285. The Bertz CT molecular complexity index is 1310. The number of rotatable bonds is 3. The van der Waals surface area contributed by atoms with Gasteiger partial charge in [-0.1, -0.05) is 17.7 Å². The van der Waals surface area contributed by atoms with E-state index >= 15 is 4.39 Å². The fourth-order valence-corrected chi connectivity index (χ4v) is 5.23. The van der Waals surface area contributed by atoms with Gasteiger partial charge in [0, 0.05) is 18.5 Å². The molecule has 0 radical (unpaired) electrons. The molecule has 3 aromatic rings. The number of hydrogen-bond donors (Lipinski definition) is 0. The van der Waals surface area contributed by atoms with E-state index in [0.29, 0.717) is 68.0 Å². The summed E-state index contributed by atoms with van der Waals surface area (Å²) in [6, 6.07) is 7.14. The molecular formula is C25H25ClFN3O4. The van der Waals surface area contributed by atoms with Crippen molar-refractivity contribution in [2.24, 2.45) is 0 Å². The molecule has 178 valence electrons. The molecule has 2 aliphatic rings. The molecule has 0 N–H and O–H groups in total. The zero-order valence-corrected chi connectivity index (χ0v) is 19.8. The van der Waals surface area contributed by atoms with Gasteiger partial charge < -0.3 is 18.9 Å². The van der Waals surface area contributed by atoms with Crippen molar-refractivity contribution in [3.05, 3.63) is 51.8 Å². The maximum atomic E-state index is 15.5. The number of fused-ring (bicyclic) bond motifs is 2. The van der Waals surface area contributed by atoms with Crippen LogP contribution in [0.1, 0.15) is 34.3 Å². The van der Waals surface area contributed by atoms with Crippen molar-refractivity contribution in [3.63, 3.8) is 0 Å². The maximum absolute atomic E-state index is 15.5. The minimum atomic E-state index is -0.576. The highest BCUT2D eigenvalue weighted by atomic mass is 35.5. The lowest BCUT2D eigenvalue weighted by Crippen LogP contribution is -2.47. The van der Waals surface area contributed by atoms with E-state index in [9.17, 15) is 9.59 Å². The quantitative estimate of drug-likeness (QED) is 0.533. The van der Waals surface area contributed by atoms with Gasteiger partial charge in [-0.25, -0.2) is 14.2 Å². The fourth-order valence-electron chi connectivity index (χ4n) is 4.86. The van der Waals surface area contributed by atoms with Gasteiger partial charge in [-0.3, -0.25) is 4.79 Å². The number of imidazole rings is 1. The van der Waals surface area contributed by atoms with Gasteiger partial charge in [0.2, 0.25) is 0 Å². The first-order valence-corrected chi connectivity index (χ1v) is 11.7. The van der Waals surface area contributed by atoms with Crippen LogP contribution in [0.25, 0.3) is 22.4 Å². The van der Waals surface area contributed by atoms with E-state index in [4.69, 9.17) is 26.1 Å². The molecule has 1 aliphatic carbocycles. The van der Waals surface area contributed by atoms with Gasteiger partial charge in [-0.15, -0.1) is 0 Å². The second-order valence-electron chi connectivity index (χ2n) is 8.80. The van der Waals surface area contributed by atoms with Crippen molar-refractivity contribution in [2.75, 3.05) is 26.8 Å². The maximum Gasteiger partial charge on any atom is 0.409 e. The van der Waals surface area contributed by atoms with Crippen LogP contribution in [0, 0.1) is 12.7 Å². The Kier molecular flexibility index (Phi) is 6.04. The van der Waals surface area contributed by atoms with Crippen molar-refractivity contribution in [3.8, 4) is 11.4 Å². The molecule has 2 heterocycles. The van der Waals surface area contributed by atoms with E-state index in [1.165, 1.54) is 13.2 Å². The molecule has 0 bridgehead atoms. The normalized spacial score (nSPS) is 18.3. The molecule has 0 saturated carbocycles. The van der Waals surface area contributed by atoms with Gasteiger partial charge in [-0.05, 0) is 49.1 Å². The number of carbonyl (C=O) groups is 2. The Hall–Kier alpha value is -2.97. The number of aromatic nitrogens is 2. The highest BCUT2D eigenvalue weighted by Gasteiger charge is 2.30. The number of methoxy groups -OCH3 is 1. The summed E-state index contributed by atoms with van der Waals surface area (Å²) in [4.78, 5) is 30.7. The monoisotopic (exact) mass is 485 g/mol. The highest BCUT2D eigenvalue weighted by Crippen LogP contribution is 2.39. The molecule has 1 fully saturated rings. The molecule has 1 amide bonds. The fraction of sp³-hybridized carbons (Fsp3) is 0.400. The van der Waals surface area contributed by atoms with Gasteiger partial charge >= 0.3 is 6.09 Å². The lowest BCUT2D eigenvalue weighted by atomic mass is 9.89. The summed E-state index contributed by atoms with van der Waals surface area (Å²) in [6.45, 7) is 3.46. The van der Waals surface area contributed by atoms with Crippen LogP contribution in [0.5, 0.6) is 0 Å². The topological polar surface area (TPSA) is 73.7 Å². The average Bonchev–Trinajstić information content (AvgIpc) is 3.16. The molecule has 1 atom stereocenters. The Morgan fingerprint density at radius 1 is 1.32 bits per heavy atom. The predicted molar refractivity (Wildman–Crippen MR) is 126 cm³/mol. The van der Waals surface area contributed by atoms with Crippen LogP contribution >= 0.6 is 11.6 Å². The number of halogens is 2. The van der Waals surface area contributed by atoms with E-state index in [2.05, 4.69) is 0 Å². The van der Waals surface area contributed by atoms with Crippen LogP contribution in [0.15, 0.2) is 24.3 Å². The number of ketones is 1. The van der Waals surface area contributed by atoms with Crippen LogP contribution in [-0.4, -0.2) is 59.2 Å². The number of morpholine rings is 1. The third-order valence-corrected chi connectivity index (χ3v) is 6.95. The van der Waals surface area contributed by atoms with Crippen LogP contribution in [0.3, 0.4) is 0 Å². The SMILES string of the molecule is COC(=O)N1CCO[C@@H](Cn2c(-c3c(F)cc4c(c3Cl)CCCC4=O)nc3cc(C)ccc32)C1. The summed E-state index contributed by atoms with van der Waals surface area (Å²) in [6.07, 6.45) is 0.951. The lowest BCUT2D eigenvalue weighted by molar-refractivity contribution is -0.0310. The Morgan fingerprint density at radius 2 is 2.15 bits per heavy atom. The summed E-state index contributed by atoms with van der Waals surface area (Å²) in [7, 11) is 1.35. The van der Waals surface area contributed by atoms with E-state index in [1.807, 2.05) is 29.7 Å². The van der Waals surface area contributed by atoms with Crippen LogP contribution in [-0.2, 0) is 22.4 Å².